The zero-order valence-electron chi connectivity index (χ0n) is 16.2. The standard InChI is InChI=1S/C19H37N5O/c1-3-20-18(22-13-12-21-17(2)25)23-16-19(10-6-4-7-11-19)24-14-8-5-9-15-24/h3-16H2,1-2H3,(H,21,25)(H2,20,22,23). The van der Waals surface area contributed by atoms with E-state index in [9.17, 15) is 4.79 Å². The van der Waals surface area contributed by atoms with Crippen molar-refractivity contribution < 1.29 is 4.79 Å². The molecule has 1 aliphatic carbocycles. The smallest absolute Gasteiger partial charge is 0.216 e. The van der Waals surface area contributed by atoms with Crippen LogP contribution in [-0.2, 0) is 4.79 Å². The molecule has 2 rings (SSSR count). The van der Waals surface area contributed by atoms with Gasteiger partial charge in [0.1, 0.15) is 0 Å². The van der Waals surface area contributed by atoms with E-state index in [1.807, 2.05) is 0 Å². The Morgan fingerprint density at radius 1 is 0.960 bits per heavy atom. The molecule has 1 amide bonds. The average Bonchev–Trinajstić information content (AvgIpc) is 2.64. The van der Waals surface area contributed by atoms with Gasteiger partial charge >= 0.3 is 0 Å². The van der Waals surface area contributed by atoms with Gasteiger partial charge in [0, 0.05) is 32.1 Å². The van der Waals surface area contributed by atoms with E-state index in [-0.39, 0.29) is 11.4 Å². The van der Waals surface area contributed by atoms with Crippen molar-refractivity contribution in [2.45, 2.75) is 70.8 Å². The third kappa shape index (κ3) is 6.49. The molecule has 3 N–H and O–H groups in total. The first kappa shape index (κ1) is 20.0. The molecule has 1 saturated heterocycles. The Morgan fingerprint density at radius 2 is 1.60 bits per heavy atom. The van der Waals surface area contributed by atoms with Crippen LogP contribution in [0.25, 0.3) is 0 Å². The van der Waals surface area contributed by atoms with Crippen LogP contribution in [0.4, 0.5) is 0 Å². The number of carbonyl (C=O) groups is 1. The lowest BCUT2D eigenvalue weighted by molar-refractivity contribution is -0.118. The number of hydrogen-bond donors (Lipinski definition) is 3. The van der Waals surface area contributed by atoms with Gasteiger partial charge < -0.3 is 16.0 Å². The topological polar surface area (TPSA) is 68.8 Å². The van der Waals surface area contributed by atoms with Crippen LogP contribution in [0.2, 0.25) is 0 Å². The van der Waals surface area contributed by atoms with Crippen molar-refractivity contribution >= 4 is 11.9 Å². The molecule has 1 saturated carbocycles. The fourth-order valence-corrected chi connectivity index (χ4v) is 4.14. The first-order chi connectivity index (χ1) is 12.2. The minimum atomic E-state index is 0.00926. The molecule has 144 valence electrons. The number of nitrogens with one attached hydrogen (secondary N) is 3. The normalized spacial score (nSPS) is 21.6. The monoisotopic (exact) mass is 351 g/mol. The molecule has 1 heterocycles. The number of piperidine rings is 1. The summed E-state index contributed by atoms with van der Waals surface area (Å²) in [5.74, 6) is 0.879. The Labute approximate surface area is 153 Å². The molecule has 0 spiro atoms. The van der Waals surface area contributed by atoms with E-state index in [1.54, 1.807) is 6.92 Å². The van der Waals surface area contributed by atoms with Gasteiger partial charge in [0.15, 0.2) is 5.96 Å². The second kappa shape index (κ2) is 10.6. The van der Waals surface area contributed by atoms with E-state index in [2.05, 4.69) is 27.8 Å². The Balaban J connectivity index is 1.96. The second-order valence-electron chi connectivity index (χ2n) is 7.44. The second-order valence-corrected chi connectivity index (χ2v) is 7.44. The summed E-state index contributed by atoms with van der Waals surface area (Å²) in [7, 11) is 0. The zero-order valence-corrected chi connectivity index (χ0v) is 16.2. The summed E-state index contributed by atoms with van der Waals surface area (Å²) in [6.07, 6.45) is 10.6. The molecule has 0 aromatic rings. The van der Waals surface area contributed by atoms with Gasteiger partial charge in [-0.05, 0) is 45.7 Å². The molecule has 1 aliphatic heterocycles. The molecule has 0 bridgehead atoms. The lowest BCUT2D eigenvalue weighted by Crippen LogP contribution is -2.54. The Hall–Kier alpha value is -1.30. The van der Waals surface area contributed by atoms with Crippen molar-refractivity contribution in [2.75, 3.05) is 39.3 Å². The molecule has 6 heteroatoms. The lowest BCUT2D eigenvalue weighted by Gasteiger charge is -2.47. The first-order valence-electron chi connectivity index (χ1n) is 10.2. The molecule has 0 aromatic heterocycles. The minimum Gasteiger partial charge on any atom is -0.357 e. The number of nitrogens with zero attached hydrogens (tertiary/aromatic N) is 2. The van der Waals surface area contributed by atoms with E-state index < -0.39 is 0 Å². The highest BCUT2D eigenvalue weighted by molar-refractivity contribution is 5.80. The highest BCUT2D eigenvalue weighted by Crippen LogP contribution is 2.35. The number of aliphatic imine (C=N–C) groups is 1. The van der Waals surface area contributed by atoms with Gasteiger partial charge in [-0.1, -0.05) is 25.7 Å². The first-order valence-corrected chi connectivity index (χ1v) is 10.2. The van der Waals surface area contributed by atoms with Gasteiger partial charge in [-0.3, -0.25) is 14.7 Å². The lowest BCUT2D eigenvalue weighted by atomic mass is 9.79. The molecule has 25 heavy (non-hydrogen) atoms. The van der Waals surface area contributed by atoms with Crippen LogP contribution in [-0.4, -0.2) is 61.6 Å². The van der Waals surface area contributed by atoms with E-state index >= 15 is 0 Å². The number of hydrogen-bond acceptors (Lipinski definition) is 3. The largest absolute Gasteiger partial charge is 0.357 e. The summed E-state index contributed by atoms with van der Waals surface area (Å²) in [4.78, 5) is 18.7. The fourth-order valence-electron chi connectivity index (χ4n) is 4.14. The zero-order chi connectivity index (χ0) is 18.0. The third-order valence-electron chi connectivity index (χ3n) is 5.48. The third-order valence-corrected chi connectivity index (χ3v) is 5.48. The predicted molar refractivity (Wildman–Crippen MR) is 104 cm³/mol. The SMILES string of the molecule is CCNC(=NCC1(N2CCCCC2)CCCCC1)NCCNC(C)=O. The van der Waals surface area contributed by atoms with Crippen molar-refractivity contribution in [1.82, 2.24) is 20.9 Å². The van der Waals surface area contributed by atoms with Crippen LogP contribution in [0.3, 0.4) is 0 Å². The summed E-state index contributed by atoms with van der Waals surface area (Å²) in [6.45, 7) is 9.16. The van der Waals surface area contributed by atoms with Gasteiger partial charge in [0.2, 0.25) is 5.91 Å². The van der Waals surface area contributed by atoms with Crippen LogP contribution in [0.15, 0.2) is 4.99 Å². The maximum Gasteiger partial charge on any atom is 0.216 e. The Bertz CT molecular complexity index is 426. The molecule has 0 radical (unpaired) electrons. The van der Waals surface area contributed by atoms with Crippen LogP contribution < -0.4 is 16.0 Å². The Morgan fingerprint density at radius 3 is 2.24 bits per heavy atom. The quantitative estimate of drug-likeness (QED) is 0.372. The number of rotatable bonds is 7. The van der Waals surface area contributed by atoms with Crippen LogP contribution in [0, 0.1) is 0 Å². The molecule has 0 aromatic carbocycles. The van der Waals surface area contributed by atoms with Gasteiger partial charge in [-0.15, -0.1) is 0 Å². The van der Waals surface area contributed by atoms with Crippen molar-refractivity contribution in [1.29, 1.82) is 0 Å². The van der Waals surface area contributed by atoms with Gasteiger partial charge in [-0.2, -0.15) is 0 Å². The summed E-state index contributed by atoms with van der Waals surface area (Å²) >= 11 is 0. The van der Waals surface area contributed by atoms with Crippen molar-refractivity contribution in [2.24, 2.45) is 4.99 Å². The molecule has 0 unspecified atom stereocenters. The van der Waals surface area contributed by atoms with E-state index in [0.29, 0.717) is 13.1 Å². The Kier molecular flexibility index (Phi) is 8.52. The highest BCUT2D eigenvalue weighted by Gasteiger charge is 2.38. The van der Waals surface area contributed by atoms with Crippen LogP contribution in [0.5, 0.6) is 0 Å². The number of carbonyl (C=O) groups excluding carboxylic acids is 1. The summed E-state index contributed by atoms with van der Waals surface area (Å²) < 4.78 is 0. The van der Waals surface area contributed by atoms with Crippen LogP contribution >= 0.6 is 0 Å². The molecular formula is C19H37N5O. The molecule has 2 aliphatic rings. The van der Waals surface area contributed by atoms with Gasteiger partial charge in [-0.25, -0.2) is 0 Å². The number of amides is 1. The summed E-state index contributed by atoms with van der Waals surface area (Å²) in [6, 6.07) is 0. The maximum absolute atomic E-state index is 11.0. The molecule has 6 nitrogen and oxygen atoms in total. The molecule has 2 fully saturated rings. The number of likely N-dealkylation sites (tertiary alicyclic amines) is 1. The molecular weight excluding hydrogens is 314 g/mol. The van der Waals surface area contributed by atoms with Gasteiger partial charge in [0.25, 0.3) is 0 Å². The van der Waals surface area contributed by atoms with Crippen molar-refractivity contribution in [3.05, 3.63) is 0 Å². The molecule has 0 atom stereocenters. The highest BCUT2D eigenvalue weighted by atomic mass is 16.1. The number of guanidine groups is 1. The van der Waals surface area contributed by atoms with E-state index in [0.717, 1.165) is 19.0 Å². The average molecular weight is 352 g/mol. The predicted octanol–water partition coefficient (Wildman–Crippen LogP) is 1.87. The fraction of sp³-hybridized carbons (Fsp3) is 0.895. The van der Waals surface area contributed by atoms with E-state index in [1.165, 1.54) is 64.5 Å². The maximum atomic E-state index is 11.0. The summed E-state index contributed by atoms with van der Waals surface area (Å²) in [5.41, 5.74) is 0.263. The van der Waals surface area contributed by atoms with E-state index in [4.69, 9.17) is 4.99 Å². The summed E-state index contributed by atoms with van der Waals surface area (Å²) in [5, 5.41) is 9.49. The van der Waals surface area contributed by atoms with Crippen molar-refractivity contribution in [3.63, 3.8) is 0 Å². The van der Waals surface area contributed by atoms with Gasteiger partial charge in [0.05, 0.1) is 6.54 Å². The minimum absolute atomic E-state index is 0.00926. The van der Waals surface area contributed by atoms with Crippen molar-refractivity contribution in [3.8, 4) is 0 Å². The van der Waals surface area contributed by atoms with Crippen LogP contribution in [0.1, 0.15) is 65.2 Å².